The summed E-state index contributed by atoms with van der Waals surface area (Å²) in [5.74, 6) is 4.31. The van der Waals surface area contributed by atoms with Crippen molar-refractivity contribution >= 4 is 17.2 Å². The van der Waals surface area contributed by atoms with Crippen molar-refractivity contribution in [3.63, 3.8) is 0 Å². The first kappa shape index (κ1) is 63.2. The smallest absolute Gasteiger partial charge is 0.409 e. The second kappa shape index (κ2) is 22.7. The Morgan fingerprint density at radius 1 is 0.215 bits per heavy atom. The fraction of sp³-hybridized carbons (Fsp3) is 0.493. The molecule has 0 spiro atoms. The summed E-state index contributed by atoms with van der Waals surface area (Å²) >= 11 is 0. The minimum atomic E-state index is -1.98. The largest absolute Gasteiger partial charge is 0.530 e. The fourth-order valence-electron chi connectivity index (χ4n) is 9.29. The van der Waals surface area contributed by atoms with E-state index in [0.717, 1.165) is 56.4 Å². The summed E-state index contributed by atoms with van der Waals surface area (Å²) in [6.45, 7) is 58.1. The van der Waals surface area contributed by atoms with Crippen LogP contribution >= 0.6 is 17.2 Å². The zero-order chi connectivity index (χ0) is 59.3. The van der Waals surface area contributed by atoms with Gasteiger partial charge >= 0.3 is 17.2 Å². The Kier molecular flexibility index (Phi) is 18.2. The lowest BCUT2D eigenvalue weighted by Crippen LogP contribution is -2.19. The van der Waals surface area contributed by atoms with E-state index < -0.39 is 17.2 Å². The van der Waals surface area contributed by atoms with E-state index in [9.17, 15) is 0 Å². The van der Waals surface area contributed by atoms with Crippen LogP contribution in [0, 0.1) is 0 Å². The van der Waals surface area contributed by atoms with Gasteiger partial charge in [-0.1, -0.05) is 253 Å². The second-order valence-electron chi connectivity index (χ2n) is 30.5. The molecule has 0 radical (unpaired) electrons. The predicted octanol–water partition coefficient (Wildman–Crippen LogP) is 21.9. The molecule has 428 valence electrons. The Labute approximate surface area is 482 Å². The number of rotatable bonds is 14. The van der Waals surface area contributed by atoms with Crippen LogP contribution in [0.5, 0.6) is 34.5 Å². The molecule has 0 aromatic heterocycles. The zero-order valence-electron chi connectivity index (χ0n) is 53.4. The third-order valence-electron chi connectivity index (χ3n) is 14.8. The molecule has 6 rings (SSSR count). The second-order valence-corrected chi connectivity index (χ2v) is 32.5. The average molecular weight is 1110 g/mol. The number of hydrogen-bond donors (Lipinski definition) is 0. The highest BCUT2D eigenvalue weighted by Gasteiger charge is 2.34. The van der Waals surface area contributed by atoms with Crippen molar-refractivity contribution in [1.82, 2.24) is 0 Å². The Morgan fingerprint density at radius 2 is 0.405 bits per heavy atom. The van der Waals surface area contributed by atoms with Gasteiger partial charge in [-0.25, -0.2) is 0 Å². The van der Waals surface area contributed by atoms with Gasteiger partial charge in [0.25, 0.3) is 0 Å². The topological polar surface area (TPSA) is 55.4 Å². The number of benzene rings is 6. The molecule has 8 heteroatoms. The monoisotopic (exact) mass is 1110 g/mol. The van der Waals surface area contributed by atoms with Crippen LogP contribution in [-0.4, -0.2) is 0 Å². The van der Waals surface area contributed by atoms with Gasteiger partial charge in [0.1, 0.15) is 34.5 Å². The van der Waals surface area contributed by atoms with E-state index in [0.29, 0.717) is 11.5 Å². The van der Waals surface area contributed by atoms with Crippen LogP contribution in [0.25, 0.3) is 0 Å². The molecule has 79 heavy (non-hydrogen) atoms. The lowest BCUT2D eigenvalue weighted by atomic mass is 9.78. The molecule has 0 saturated carbocycles. The van der Waals surface area contributed by atoms with Crippen LogP contribution in [0.3, 0.4) is 0 Å². The zero-order valence-corrected chi connectivity index (χ0v) is 55.2. The van der Waals surface area contributed by atoms with E-state index in [1.54, 1.807) is 0 Å². The summed E-state index contributed by atoms with van der Waals surface area (Å²) in [7, 11) is -3.96. The SMILES string of the molecule is CC(C)(C)c1ccc(OP(Oc2ccc(C(C)(C)c3ccc(OP(Oc4ccc(C(C)(C)C)cc4C(C)(C)C)Oc4ccc(C(C)(C)C)cc4C(C)(C)C)cc3)cc2)Oc2ccc(C(C)(C)C)cc2C(C)(C)C)c(C(C)(C)C)c1. The highest BCUT2D eigenvalue weighted by molar-refractivity contribution is 7.43. The van der Waals surface area contributed by atoms with Crippen molar-refractivity contribution in [2.45, 2.75) is 229 Å². The van der Waals surface area contributed by atoms with Crippen molar-refractivity contribution in [1.29, 1.82) is 0 Å². The van der Waals surface area contributed by atoms with E-state index in [-0.39, 0.29) is 48.7 Å². The molecule has 0 atom stereocenters. The normalized spacial score (nSPS) is 13.4. The first-order chi connectivity index (χ1) is 35.9. The molecular weight excluding hydrogens is 1010 g/mol. The van der Waals surface area contributed by atoms with Crippen molar-refractivity contribution < 1.29 is 27.1 Å². The maximum absolute atomic E-state index is 6.95. The minimum Gasteiger partial charge on any atom is -0.409 e. The average Bonchev–Trinajstić information content (AvgIpc) is 3.29. The van der Waals surface area contributed by atoms with E-state index in [2.05, 4.69) is 277 Å². The van der Waals surface area contributed by atoms with Gasteiger partial charge < -0.3 is 27.1 Å². The number of hydrogen-bond acceptors (Lipinski definition) is 6. The Hall–Kier alpha value is -5.02. The van der Waals surface area contributed by atoms with Crippen LogP contribution in [0.1, 0.15) is 236 Å². The molecule has 0 aliphatic carbocycles. The Morgan fingerprint density at radius 3 is 0.582 bits per heavy atom. The van der Waals surface area contributed by atoms with Gasteiger partial charge in [0, 0.05) is 27.7 Å². The molecule has 0 aliphatic rings. The minimum absolute atomic E-state index is 0.0290. The first-order valence-corrected chi connectivity index (χ1v) is 30.6. The maximum atomic E-state index is 6.95. The molecule has 0 aliphatic heterocycles. The summed E-state index contributed by atoms with van der Waals surface area (Å²) in [5.41, 5.74) is 10.3. The van der Waals surface area contributed by atoms with Crippen molar-refractivity contribution in [2.24, 2.45) is 0 Å². The summed E-state index contributed by atoms with van der Waals surface area (Å²) in [4.78, 5) is 0. The molecule has 0 saturated heterocycles. The van der Waals surface area contributed by atoms with Gasteiger partial charge in [-0.05, 0) is 125 Å². The Bertz CT molecular complexity index is 2680. The molecule has 0 amide bonds. The summed E-state index contributed by atoms with van der Waals surface area (Å²) < 4.78 is 41.5. The molecule has 6 nitrogen and oxygen atoms in total. The third-order valence-corrected chi connectivity index (χ3v) is 16.9. The van der Waals surface area contributed by atoms with Crippen LogP contribution in [0.2, 0.25) is 0 Å². The van der Waals surface area contributed by atoms with Crippen LogP contribution in [0.4, 0.5) is 0 Å². The summed E-state index contributed by atoms with van der Waals surface area (Å²) in [5, 5.41) is 0. The van der Waals surface area contributed by atoms with Crippen LogP contribution in [0.15, 0.2) is 121 Å². The third kappa shape index (κ3) is 16.1. The molecule has 0 N–H and O–H groups in total. The van der Waals surface area contributed by atoms with Gasteiger partial charge in [-0.15, -0.1) is 0 Å². The van der Waals surface area contributed by atoms with Gasteiger partial charge in [0.15, 0.2) is 0 Å². The fourth-order valence-corrected chi connectivity index (χ4v) is 11.4. The van der Waals surface area contributed by atoms with E-state index in [1.807, 2.05) is 24.3 Å². The molecule has 6 aromatic carbocycles. The van der Waals surface area contributed by atoms with Crippen LogP contribution in [-0.2, 0) is 48.7 Å². The van der Waals surface area contributed by atoms with E-state index in [1.165, 1.54) is 22.3 Å². The van der Waals surface area contributed by atoms with Crippen molar-refractivity contribution in [3.05, 3.63) is 177 Å². The molecule has 0 bridgehead atoms. The predicted molar refractivity (Wildman–Crippen MR) is 338 cm³/mol. The van der Waals surface area contributed by atoms with Gasteiger partial charge in [0.2, 0.25) is 0 Å². The van der Waals surface area contributed by atoms with Crippen molar-refractivity contribution in [2.75, 3.05) is 0 Å². The summed E-state index contributed by atoms with van der Waals surface area (Å²) in [6, 6.07) is 42.8. The van der Waals surface area contributed by atoms with Crippen molar-refractivity contribution in [3.8, 4) is 34.5 Å². The molecule has 0 fully saturated rings. The lowest BCUT2D eigenvalue weighted by molar-refractivity contribution is 0.375. The Balaban J connectivity index is 1.33. The van der Waals surface area contributed by atoms with Crippen LogP contribution < -0.4 is 27.1 Å². The first-order valence-electron chi connectivity index (χ1n) is 28.4. The highest BCUT2D eigenvalue weighted by atomic mass is 31.2. The molecule has 0 heterocycles. The quantitative estimate of drug-likeness (QED) is 0.101. The van der Waals surface area contributed by atoms with Gasteiger partial charge in [-0.3, -0.25) is 0 Å². The van der Waals surface area contributed by atoms with Gasteiger partial charge in [-0.2, -0.15) is 0 Å². The maximum Gasteiger partial charge on any atom is 0.530 e. The summed E-state index contributed by atoms with van der Waals surface area (Å²) in [6.07, 6.45) is 0. The van der Waals surface area contributed by atoms with E-state index >= 15 is 0 Å². The lowest BCUT2D eigenvalue weighted by Gasteiger charge is -2.30. The highest BCUT2D eigenvalue weighted by Crippen LogP contribution is 2.51. The van der Waals surface area contributed by atoms with E-state index in [4.69, 9.17) is 27.1 Å². The molecule has 6 aromatic rings. The van der Waals surface area contributed by atoms with Gasteiger partial charge in [0.05, 0.1) is 0 Å². The molecular formula is C71H98O6P2. The molecule has 0 unspecified atom stereocenters. The standard InChI is InChI=1S/C71H98O6P2/c1-63(2,3)49-31-39-59(55(43-49)67(13,14)15)74-78(75-60-40-32-50(64(4,5)6)44-56(60)68(16,17)18)72-53-35-27-47(28-36-53)71(25,26)48-29-37-54(38-30-48)73-79(76-61-41-33-51(65(7,8)9)45-57(61)69(19,20)21)77-62-42-34-52(66(10,11)12)46-58(62)70(22,23)24/h27-46H,1-26H3.